The van der Waals surface area contributed by atoms with Gasteiger partial charge in [-0.15, -0.1) is 0 Å². The lowest BCUT2D eigenvalue weighted by Crippen LogP contribution is -2.41. The van der Waals surface area contributed by atoms with Crippen LogP contribution in [0, 0.1) is 5.41 Å². The lowest BCUT2D eigenvalue weighted by atomic mass is 9.89. The van der Waals surface area contributed by atoms with Gasteiger partial charge in [0, 0.05) is 20.1 Å². The largest absolute Gasteiger partial charge is 0.481 e. The van der Waals surface area contributed by atoms with Gasteiger partial charge in [-0.3, -0.25) is 9.59 Å². The number of carbonyl (C=O) groups is 2. The summed E-state index contributed by atoms with van der Waals surface area (Å²) in [5.41, 5.74) is -1.48. The zero-order valence-electron chi connectivity index (χ0n) is 10.6. The van der Waals surface area contributed by atoms with Gasteiger partial charge >= 0.3 is 5.97 Å². The SMILES string of the molecule is COC(C)(C)CNC(=O)CC(C)(C)C(=O)O. The van der Waals surface area contributed by atoms with Crippen molar-refractivity contribution < 1.29 is 19.4 Å². The fourth-order valence-corrected chi connectivity index (χ4v) is 0.923. The third-order valence-corrected chi connectivity index (χ3v) is 2.45. The minimum absolute atomic E-state index is 0.0396. The number of nitrogens with one attached hydrogen (secondary N) is 1. The summed E-state index contributed by atoms with van der Waals surface area (Å²) in [5, 5.41) is 11.5. The van der Waals surface area contributed by atoms with E-state index in [0.717, 1.165) is 0 Å². The van der Waals surface area contributed by atoms with Gasteiger partial charge in [0.1, 0.15) is 0 Å². The van der Waals surface area contributed by atoms with Crippen molar-refractivity contribution in [2.75, 3.05) is 13.7 Å². The Morgan fingerprint density at radius 3 is 2.12 bits per heavy atom. The topological polar surface area (TPSA) is 75.6 Å². The van der Waals surface area contributed by atoms with E-state index in [1.807, 2.05) is 13.8 Å². The van der Waals surface area contributed by atoms with E-state index in [0.29, 0.717) is 6.54 Å². The first-order chi connectivity index (χ1) is 7.10. The number of carboxylic acid groups (broad SMARTS) is 1. The van der Waals surface area contributed by atoms with Crippen molar-refractivity contribution in [3.8, 4) is 0 Å². The molecule has 0 aromatic heterocycles. The first kappa shape index (κ1) is 14.9. The van der Waals surface area contributed by atoms with E-state index in [1.54, 1.807) is 7.11 Å². The molecule has 0 bridgehead atoms. The summed E-state index contributed by atoms with van der Waals surface area (Å²) < 4.78 is 5.13. The second-order valence-electron chi connectivity index (χ2n) is 5.11. The van der Waals surface area contributed by atoms with Gasteiger partial charge in [-0.2, -0.15) is 0 Å². The highest BCUT2D eigenvalue weighted by molar-refractivity contribution is 5.84. The van der Waals surface area contributed by atoms with Crippen LogP contribution >= 0.6 is 0 Å². The maximum absolute atomic E-state index is 11.5. The fraction of sp³-hybridized carbons (Fsp3) is 0.818. The van der Waals surface area contributed by atoms with Gasteiger partial charge in [0.05, 0.1) is 11.0 Å². The maximum atomic E-state index is 11.5. The molecular formula is C11H21NO4. The van der Waals surface area contributed by atoms with Crippen LogP contribution in [0.3, 0.4) is 0 Å². The number of methoxy groups -OCH3 is 1. The van der Waals surface area contributed by atoms with Crippen molar-refractivity contribution in [3.05, 3.63) is 0 Å². The van der Waals surface area contributed by atoms with Crippen molar-refractivity contribution in [1.29, 1.82) is 0 Å². The van der Waals surface area contributed by atoms with Crippen molar-refractivity contribution >= 4 is 11.9 Å². The molecule has 2 N–H and O–H groups in total. The molecule has 0 spiro atoms. The molecule has 0 aliphatic carbocycles. The second-order valence-corrected chi connectivity index (χ2v) is 5.11. The van der Waals surface area contributed by atoms with Gasteiger partial charge in [0.2, 0.25) is 5.91 Å². The van der Waals surface area contributed by atoms with E-state index >= 15 is 0 Å². The highest BCUT2D eigenvalue weighted by Gasteiger charge is 2.30. The summed E-state index contributed by atoms with van der Waals surface area (Å²) in [6.45, 7) is 7.09. The predicted octanol–water partition coefficient (Wildman–Crippen LogP) is 1.03. The smallest absolute Gasteiger partial charge is 0.309 e. The molecule has 0 fully saturated rings. The van der Waals surface area contributed by atoms with Crippen molar-refractivity contribution in [3.63, 3.8) is 0 Å². The minimum atomic E-state index is -1.04. The van der Waals surface area contributed by atoms with Crippen LogP contribution in [0.4, 0.5) is 0 Å². The van der Waals surface area contributed by atoms with E-state index in [2.05, 4.69) is 5.32 Å². The fourth-order valence-electron chi connectivity index (χ4n) is 0.923. The highest BCUT2D eigenvalue weighted by atomic mass is 16.5. The van der Waals surface area contributed by atoms with Crippen LogP contribution in [-0.2, 0) is 14.3 Å². The number of carboxylic acids is 1. The summed E-state index contributed by atoms with van der Waals surface area (Å²) >= 11 is 0. The molecule has 0 aromatic rings. The normalized spacial score (nSPS) is 12.3. The molecule has 0 aliphatic heterocycles. The summed E-state index contributed by atoms with van der Waals surface area (Å²) in [7, 11) is 1.56. The molecule has 0 saturated heterocycles. The molecule has 16 heavy (non-hydrogen) atoms. The van der Waals surface area contributed by atoms with E-state index in [1.165, 1.54) is 13.8 Å². The zero-order chi connectivity index (χ0) is 13.0. The van der Waals surface area contributed by atoms with Crippen LogP contribution in [0.2, 0.25) is 0 Å². The number of ether oxygens (including phenoxy) is 1. The Hall–Kier alpha value is -1.10. The first-order valence-corrected chi connectivity index (χ1v) is 5.16. The molecule has 0 unspecified atom stereocenters. The van der Waals surface area contributed by atoms with Crippen molar-refractivity contribution in [2.24, 2.45) is 5.41 Å². The third kappa shape index (κ3) is 5.11. The monoisotopic (exact) mass is 231 g/mol. The molecule has 0 heterocycles. The summed E-state index contributed by atoms with van der Waals surface area (Å²) in [4.78, 5) is 22.3. The maximum Gasteiger partial charge on any atom is 0.309 e. The first-order valence-electron chi connectivity index (χ1n) is 5.16. The average Bonchev–Trinajstić information content (AvgIpc) is 2.14. The van der Waals surface area contributed by atoms with E-state index in [4.69, 9.17) is 9.84 Å². The average molecular weight is 231 g/mol. The highest BCUT2D eigenvalue weighted by Crippen LogP contribution is 2.20. The number of rotatable bonds is 6. The van der Waals surface area contributed by atoms with Crippen molar-refractivity contribution in [2.45, 2.75) is 39.7 Å². The molecule has 0 aromatic carbocycles. The van der Waals surface area contributed by atoms with Gasteiger partial charge in [0.15, 0.2) is 0 Å². The number of aliphatic carboxylic acids is 1. The van der Waals surface area contributed by atoms with Crippen LogP contribution in [-0.4, -0.2) is 36.2 Å². The van der Waals surface area contributed by atoms with E-state index in [-0.39, 0.29) is 12.3 Å². The standard InChI is InChI=1S/C11H21NO4/c1-10(2,9(14)15)6-8(13)12-7-11(3,4)16-5/h6-7H2,1-5H3,(H,12,13)(H,14,15). The van der Waals surface area contributed by atoms with E-state index in [9.17, 15) is 9.59 Å². The number of amides is 1. The quantitative estimate of drug-likeness (QED) is 0.716. The van der Waals surface area contributed by atoms with Gasteiger partial charge in [0.25, 0.3) is 0 Å². The van der Waals surface area contributed by atoms with Gasteiger partial charge < -0.3 is 15.2 Å². The van der Waals surface area contributed by atoms with Crippen LogP contribution in [0.5, 0.6) is 0 Å². The molecule has 5 heteroatoms. The van der Waals surface area contributed by atoms with Crippen LogP contribution < -0.4 is 5.32 Å². The molecule has 0 rings (SSSR count). The third-order valence-electron chi connectivity index (χ3n) is 2.45. The molecule has 0 saturated carbocycles. The predicted molar refractivity (Wildman–Crippen MR) is 60.1 cm³/mol. The van der Waals surface area contributed by atoms with Crippen molar-refractivity contribution in [1.82, 2.24) is 5.32 Å². The summed E-state index contributed by atoms with van der Waals surface area (Å²) in [6.07, 6.45) is -0.0396. The molecule has 0 radical (unpaired) electrons. The van der Waals surface area contributed by atoms with Crippen LogP contribution in [0.25, 0.3) is 0 Å². The molecule has 0 atom stereocenters. The Morgan fingerprint density at radius 1 is 1.25 bits per heavy atom. The number of carbonyl (C=O) groups excluding carboxylic acids is 1. The summed E-state index contributed by atoms with van der Waals surface area (Å²) in [5.74, 6) is -1.26. The molecule has 5 nitrogen and oxygen atoms in total. The minimum Gasteiger partial charge on any atom is -0.481 e. The lowest BCUT2D eigenvalue weighted by molar-refractivity contribution is -0.149. The van der Waals surface area contributed by atoms with Gasteiger partial charge in [-0.1, -0.05) is 0 Å². The molecule has 0 aliphatic rings. The van der Waals surface area contributed by atoms with Crippen LogP contribution in [0.15, 0.2) is 0 Å². The number of hydrogen-bond acceptors (Lipinski definition) is 3. The molecular weight excluding hydrogens is 210 g/mol. The molecule has 1 amide bonds. The summed E-state index contributed by atoms with van der Waals surface area (Å²) in [6, 6.07) is 0. The second kappa shape index (κ2) is 5.30. The Labute approximate surface area is 96.2 Å². The molecule has 94 valence electrons. The van der Waals surface area contributed by atoms with E-state index < -0.39 is 17.0 Å². The van der Waals surface area contributed by atoms with Gasteiger partial charge in [-0.05, 0) is 27.7 Å². The number of hydrogen-bond donors (Lipinski definition) is 2. The Balaban J connectivity index is 4.16. The zero-order valence-corrected chi connectivity index (χ0v) is 10.6. The lowest BCUT2D eigenvalue weighted by Gasteiger charge is -2.24. The Morgan fingerprint density at radius 2 is 1.75 bits per heavy atom. The Bertz CT molecular complexity index is 271. The van der Waals surface area contributed by atoms with Gasteiger partial charge in [-0.25, -0.2) is 0 Å². The Kier molecular flexibility index (Phi) is 4.93. The van der Waals surface area contributed by atoms with Crippen LogP contribution in [0.1, 0.15) is 34.1 Å².